The molecule has 0 amide bonds. The van der Waals surface area contributed by atoms with Crippen molar-refractivity contribution in [2.75, 3.05) is 13.2 Å². The van der Waals surface area contributed by atoms with Gasteiger partial charge in [-0.05, 0) is 24.5 Å². The molecule has 2 rings (SSSR count). The lowest BCUT2D eigenvalue weighted by Gasteiger charge is -2.18. The molecule has 0 aromatic heterocycles. The van der Waals surface area contributed by atoms with E-state index in [9.17, 15) is 4.79 Å². The van der Waals surface area contributed by atoms with E-state index < -0.39 is 0 Å². The molecule has 0 aliphatic heterocycles. The highest BCUT2D eigenvalue weighted by atomic mass is 16.5. The minimum absolute atomic E-state index is 0.192. The van der Waals surface area contributed by atoms with E-state index >= 15 is 0 Å². The maximum atomic E-state index is 12.7. The molecule has 0 aliphatic carbocycles. The van der Waals surface area contributed by atoms with Crippen molar-refractivity contribution in [3.63, 3.8) is 0 Å². The Bertz CT molecular complexity index is 588. The van der Waals surface area contributed by atoms with Crippen LogP contribution in [0.4, 0.5) is 0 Å². The first kappa shape index (κ1) is 20.2. The summed E-state index contributed by atoms with van der Waals surface area (Å²) in [5.74, 6) is -0.567. The van der Waals surface area contributed by atoms with Crippen molar-refractivity contribution in [3.8, 4) is 0 Å². The monoisotopic (exact) mass is 353 g/mol. The fourth-order valence-electron chi connectivity index (χ4n) is 3.10. The molecule has 0 aliphatic rings. The van der Waals surface area contributed by atoms with Gasteiger partial charge in [0, 0.05) is 12.6 Å². The molecule has 1 atom stereocenters. The Hall–Kier alpha value is -2.13. The summed E-state index contributed by atoms with van der Waals surface area (Å²) in [4.78, 5) is 12.7. The molecule has 0 radical (unpaired) electrons. The zero-order chi connectivity index (χ0) is 18.6. The highest BCUT2D eigenvalue weighted by molar-refractivity contribution is 5.82. The average molecular weight is 354 g/mol. The molecular formula is C23H31NO2. The van der Waals surface area contributed by atoms with Crippen molar-refractivity contribution in [2.45, 2.75) is 51.5 Å². The van der Waals surface area contributed by atoms with Gasteiger partial charge in [0.1, 0.15) is 12.5 Å². The molecule has 3 heteroatoms. The lowest BCUT2D eigenvalue weighted by atomic mass is 9.91. The van der Waals surface area contributed by atoms with E-state index in [1.807, 2.05) is 60.7 Å². The number of hydrogen-bond acceptors (Lipinski definition) is 3. The minimum atomic E-state index is -0.376. The normalized spacial score (nSPS) is 12.1. The van der Waals surface area contributed by atoms with Crippen LogP contribution >= 0.6 is 0 Å². The van der Waals surface area contributed by atoms with Gasteiger partial charge in [0.05, 0.1) is 0 Å². The standard InChI is InChI=1S/C23H31NO2/c1-3-4-7-12-19(2)24-17-18-26-23(25)22(20-13-8-5-9-14-20)21-15-10-6-11-16-21/h5-6,8-11,13-16,19,22,24H,3-4,7,12,17-18H2,1-2H3. The van der Waals surface area contributed by atoms with E-state index in [1.165, 1.54) is 25.7 Å². The molecule has 2 aromatic rings. The molecule has 0 fully saturated rings. The van der Waals surface area contributed by atoms with E-state index in [0.29, 0.717) is 19.2 Å². The van der Waals surface area contributed by atoms with E-state index in [-0.39, 0.29) is 11.9 Å². The molecule has 0 heterocycles. The molecule has 26 heavy (non-hydrogen) atoms. The molecular weight excluding hydrogens is 322 g/mol. The van der Waals surface area contributed by atoms with E-state index in [0.717, 1.165) is 11.1 Å². The number of hydrogen-bond donors (Lipinski definition) is 1. The van der Waals surface area contributed by atoms with Gasteiger partial charge >= 0.3 is 5.97 Å². The highest BCUT2D eigenvalue weighted by Gasteiger charge is 2.23. The topological polar surface area (TPSA) is 38.3 Å². The van der Waals surface area contributed by atoms with Crippen molar-refractivity contribution >= 4 is 5.97 Å². The molecule has 0 saturated heterocycles. The summed E-state index contributed by atoms with van der Waals surface area (Å²) >= 11 is 0. The van der Waals surface area contributed by atoms with Crippen LogP contribution in [0.2, 0.25) is 0 Å². The molecule has 3 nitrogen and oxygen atoms in total. The van der Waals surface area contributed by atoms with E-state index in [2.05, 4.69) is 19.2 Å². The lowest BCUT2D eigenvalue weighted by Crippen LogP contribution is -2.30. The Labute approximate surface area is 157 Å². The lowest BCUT2D eigenvalue weighted by molar-refractivity contribution is -0.144. The molecule has 1 unspecified atom stereocenters. The SMILES string of the molecule is CCCCCC(C)NCCOC(=O)C(c1ccccc1)c1ccccc1. The van der Waals surface area contributed by atoms with Crippen LogP contribution in [-0.4, -0.2) is 25.2 Å². The maximum absolute atomic E-state index is 12.7. The smallest absolute Gasteiger partial charge is 0.317 e. The number of carbonyl (C=O) groups is 1. The summed E-state index contributed by atoms with van der Waals surface area (Å²) in [6, 6.07) is 20.1. The van der Waals surface area contributed by atoms with E-state index in [1.54, 1.807) is 0 Å². The summed E-state index contributed by atoms with van der Waals surface area (Å²) in [6.07, 6.45) is 4.93. The third-order valence-electron chi connectivity index (χ3n) is 4.58. The maximum Gasteiger partial charge on any atom is 0.317 e. The fourth-order valence-corrected chi connectivity index (χ4v) is 3.10. The van der Waals surface area contributed by atoms with Crippen LogP contribution in [-0.2, 0) is 9.53 Å². The van der Waals surface area contributed by atoms with Crippen LogP contribution in [0.5, 0.6) is 0 Å². The number of nitrogens with one attached hydrogen (secondary N) is 1. The van der Waals surface area contributed by atoms with Crippen LogP contribution in [0.15, 0.2) is 60.7 Å². The predicted octanol–water partition coefficient (Wildman–Crippen LogP) is 4.92. The van der Waals surface area contributed by atoms with Crippen molar-refractivity contribution in [1.82, 2.24) is 5.32 Å². The van der Waals surface area contributed by atoms with Crippen LogP contribution < -0.4 is 5.32 Å². The van der Waals surface area contributed by atoms with Gasteiger partial charge in [-0.15, -0.1) is 0 Å². The number of esters is 1. The number of carbonyl (C=O) groups excluding carboxylic acids is 1. The van der Waals surface area contributed by atoms with Gasteiger partial charge in [0.25, 0.3) is 0 Å². The molecule has 0 saturated carbocycles. The number of benzene rings is 2. The zero-order valence-corrected chi connectivity index (χ0v) is 16.0. The van der Waals surface area contributed by atoms with Crippen molar-refractivity contribution in [2.24, 2.45) is 0 Å². The molecule has 0 bridgehead atoms. The van der Waals surface area contributed by atoms with Crippen LogP contribution in [0.25, 0.3) is 0 Å². The molecule has 140 valence electrons. The van der Waals surface area contributed by atoms with Gasteiger partial charge in [0.2, 0.25) is 0 Å². The van der Waals surface area contributed by atoms with Gasteiger partial charge in [-0.2, -0.15) is 0 Å². The third-order valence-corrected chi connectivity index (χ3v) is 4.58. The van der Waals surface area contributed by atoms with Gasteiger partial charge in [-0.3, -0.25) is 4.79 Å². The van der Waals surface area contributed by atoms with Gasteiger partial charge in [-0.1, -0.05) is 86.8 Å². The molecule has 1 N–H and O–H groups in total. The first-order valence-electron chi connectivity index (χ1n) is 9.72. The Morgan fingerprint density at radius 3 is 2.08 bits per heavy atom. The minimum Gasteiger partial charge on any atom is -0.464 e. The Morgan fingerprint density at radius 1 is 0.962 bits per heavy atom. The summed E-state index contributed by atoms with van der Waals surface area (Å²) in [7, 11) is 0. The zero-order valence-electron chi connectivity index (χ0n) is 16.0. The first-order chi connectivity index (χ1) is 12.7. The number of ether oxygens (including phenoxy) is 1. The second-order valence-corrected chi connectivity index (χ2v) is 6.77. The van der Waals surface area contributed by atoms with Gasteiger partial charge in [-0.25, -0.2) is 0 Å². The average Bonchev–Trinajstić information content (AvgIpc) is 2.67. The Morgan fingerprint density at radius 2 is 1.54 bits per heavy atom. The van der Waals surface area contributed by atoms with Crippen LogP contribution in [0.1, 0.15) is 56.6 Å². The molecule has 2 aromatic carbocycles. The summed E-state index contributed by atoms with van der Waals surface area (Å²) in [5, 5.41) is 3.44. The number of unbranched alkanes of at least 4 members (excludes halogenated alkanes) is 2. The molecule has 0 spiro atoms. The van der Waals surface area contributed by atoms with Crippen LogP contribution in [0, 0.1) is 0 Å². The second-order valence-electron chi connectivity index (χ2n) is 6.77. The van der Waals surface area contributed by atoms with Crippen molar-refractivity contribution < 1.29 is 9.53 Å². The van der Waals surface area contributed by atoms with Crippen molar-refractivity contribution in [3.05, 3.63) is 71.8 Å². The van der Waals surface area contributed by atoms with Gasteiger partial charge in [0.15, 0.2) is 0 Å². The van der Waals surface area contributed by atoms with Crippen molar-refractivity contribution in [1.29, 1.82) is 0 Å². The predicted molar refractivity (Wildman–Crippen MR) is 107 cm³/mol. The first-order valence-corrected chi connectivity index (χ1v) is 9.72. The van der Waals surface area contributed by atoms with E-state index in [4.69, 9.17) is 4.74 Å². The highest BCUT2D eigenvalue weighted by Crippen LogP contribution is 2.25. The largest absolute Gasteiger partial charge is 0.464 e. The summed E-state index contributed by atoms with van der Waals surface area (Å²) < 4.78 is 5.59. The quantitative estimate of drug-likeness (QED) is 0.460. The summed E-state index contributed by atoms with van der Waals surface area (Å²) in [6.45, 7) is 5.49. The van der Waals surface area contributed by atoms with Crippen LogP contribution in [0.3, 0.4) is 0 Å². The number of rotatable bonds is 11. The Kier molecular flexibility index (Phi) is 8.91. The fraction of sp³-hybridized carbons (Fsp3) is 0.435. The van der Waals surface area contributed by atoms with Gasteiger partial charge < -0.3 is 10.1 Å². The second kappa shape index (κ2) is 11.5. The third kappa shape index (κ3) is 6.64. The Balaban J connectivity index is 1.88. The summed E-state index contributed by atoms with van der Waals surface area (Å²) in [5.41, 5.74) is 1.93.